The number of aromatic nitrogens is 2. The molecule has 1 heterocycles. The lowest BCUT2D eigenvalue weighted by atomic mass is 10.1. The van der Waals surface area contributed by atoms with Crippen LogP contribution in [0.4, 0.5) is 15.8 Å². The topological polar surface area (TPSA) is 107 Å². The molecule has 0 aliphatic carbocycles. The zero-order chi connectivity index (χ0) is 25.7. The van der Waals surface area contributed by atoms with Crippen molar-refractivity contribution >= 4 is 34.1 Å². The molecule has 3 aromatic carbocycles. The maximum atomic E-state index is 13.2. The molecule has 4 aromatic rings. The molecule has 0 fully saturated rings. The van der Waals surface area contributed by atoms with Gasteiger partial charge in [0.2, 0.25) is 5.91 Å². The Hall–Kier alpha value is -4.37. The molecule has 0 saturated carbocycles. The first-order chi connectivity index (χ1) is 17.3. The lowest BCUT2D eigenvalue weighted by molar-refractivity contribution is -0.117. The molecule has 0 aliphatic rings. The van der Waals surface area contributed by atoms with E-state index in [9.17, 15) is 18.8 Å². The first-order valence-electron chi connectivity index (χ1n) is 11.5. The van der Waals surface area contributed by atoms with E-state index in [1.807, 2.05) is 24.8 Å². The standard InChI is InChI=1S/C27H26FN5O3/c1-17(2)33(15-24-30-22-9-5-3-7-20(22)27(36)32-24)16-25(34)31-23-10-6-4-8-21(23)26(35)29-19-13-11-18(28)12-14-19/h3-14,17H,15-16H2,1-2H3,(H,29,35)(H,31,34)(H,30,32,36). The van der Waals surface area contributed by atoms with E-state index in [2.05, 4.69) is 20.6 Å². The Morgan fingerprint density at radius 1 is 0.972 bits per heavy atom. The minimum Gasteiger partial charge on any atom is -0.324 e. The van der Waals surface area contributed by atoms with Crippen LogP contribution in [0.5, 0.6) is 0 Å². The Kier molecular flexibility index (Phi) is 7.50. The number of carbonyl (C=O) groups excluding carboxylic acids is 2. The Morgan fingerprint density at radius 2 is 1.67 bits per heavy atom. The van der Waals surface area contributed by atoms with Gasteiger partial charge in [0.05, 0.1) is 35.2 Å². The Bertz CT molecular complexity index is 1450. The molecule has 0 bridgehead atoms. The van der Waals surface area contributed by atoms with E-state index in [-0.39, 0.29) is 36.2 Å². The third-order valence-corrected chi connectivity index (χ3v) is 5.64. The highest BCUT2D eigenvalue weighted by molar-refractivity contribution is 6.10. The van der Waals surface area contributed by atoms with Gasteiger partial charge in [-0.2, -0.15) is 0 Å². The Morgan fingerprint density at radius 3 is 2.42 bits per heavy atom. The first-order valence-corrected chi connectivity index (χ1v) is 11.5. The molecule has 0 unspecified atom stereocenters. The van der Waals surface area contributed by atoms with Gasteiger partial charge in [-0.3, -0.25) is 19.3 Å². The summed E-state index contributed by atoms with van der Waals surface area (Å²) >= 11 is 0. The molecule has 4 rings (SSSR count). The highest BCUT2D eigenvalue weighted by atomic mass is 19.1. The number of H-pyrrole nitrogens is 1. The summed E-state index contributed by atoms with van der Waals surface area (Å²) in [4.78, 5) is 47.4. The molecule has 0 spiro atoms. The van der Waals surface area contributed by atoms with Gasteiger partial charge in [0, 0.05) is 11.7 Å². The molecular weight excluding hydrogens is 461 g/mol. The number of amides is 2. The number of halogens is 1. The summed E-state index contributed by atoms with van der Waals surface area (Å²) in [5.41, 5.74) is 1.41. The van der Waals surface area contributed by atoms with Gasteiger partial charge in [-0.25, -0.2) is 9.37 Å². The molecule has 3 N–H and O–H groups in total. The minimum absolute atomic E-state index is 0.0160. The molecule has 0 atom stereocenters. The number of anilines is 2. The fourth-order valence-electron chi connectivity index (χ4n) is 3.72. The summed E-state index contributed by atoms with van der Waals surface area (Å²) < 4.78 is 13.2. The number of hydrogen-bond acceptors (Lipinski definition) is 5. The average molecular weight is 488 g/mol. The first kappa shape index (κ1) is 24.7. The Labute approximate surface area is 207 Å². The minimum atomic E-state index is -0.434. The predicted octanol–water partition coefficient (Wildman–Crippen LogP) is 4.16. The quantitative estimate of drug-likeness (QED) is 0.346. The van der Waals surface area contributed by atoms with Crippen molar-refractivity contribution in [3.63, 3.8) is 0 Å². The van der Waals surface area contributed by atoms with Crippen molar-refractivity contribution in [1.82, 2.24) is 14.9 Å². The van der Waals surface area contributed by atoms with Crippen LogP contribution in [0.3, 0.4) is 0 Å². The van der Waals surface area contributed by atoms with Gasteiger partial charge in [0.15, 0.2) is 0 Å². The van der Waals surface area contributed by atoms with Crippen LogP contribution in [0.25, 0.3) is 10.9 Å². The molecule has 8 nitrogen and oxygen atoms in total. The van der Waals surface area contributed by atoms with Crippen molar-refractivity contribution in [2.75, 3.05) is 17.2 Å². The molecule has 0 saturated heterocycles. The largest absolute Gasteiger partial charge is 0.324 e. The van der Waals surface area contributed by atoms with Crippen molar-refractivity contribution in [1.29, 1.82) is 0 Å². The van der Waals surface area contributed by atoms with Gasteiger partial charge in [0.25, 0.3) is 11.5 Å². The Balaban J connectivity index is 1.46. The fourth-order valence-corrected chi connectivity index (χ4v) is 3.72. The van der Waals surface area contributed by atoms with Crippen LogP contribution in [0.15, 0.2) is 77.6 Å². The number of hydrogen-bond donors (Lipinski definition) is 3. The van der Waals surface area contributed by atoms with Gasteiger partial charge >= 0.3 is 0 Å². The van der Waals surface area contributed by atoms with Crippen LogP contribution in [0, 0.1) is 5.82 Å². The van der Waals surface area contributed by atoms with E-state index in [1.54, 1.807) is 42.5 Å². The van der Waals surface area contributed by atoms with Crippen LogP contribution in [-0.2, 0) is 11.3 Å². The van der Waals surface area contributed by atoms with E-state index in [0.29, 0.717) is 28.1 Å². The number of nitrogens with zero attached hydrogens (tertiary/aromatic N) is 2. The second-order valence-corrected chi connectivity index (χ2v) is 8.58. The van der Waals surface area contributed by atoms with E-state index in [4.69, 9.17) is 0 Å². The number of carbonyl (C=O) groups is 2. The smallest absolute Gasteiger partial charge is 0.258 e. The van der Waals surface area contributed by atoms with Gasteiger partial charge in [0.1, 0.15) is 11.6 Å². The van der Waals surface area contributed by atoms with Crippen LogP contribution in [0.1, 0.15) is 30.0 Å². The van der Waals surface area contributed by atoms with Gasteiger partial charge in [-0.05, 0) is 62.4 Å². The van der Waals surface area contributed by atoms with Crippen LogP contribution >= 0.6 is 0 Å². The third kappa shape index (κ3) is 6.00. The number of para-hydroxylation sites is 2. The summed E-state index contributed by atoms with van der Waals surface area (Å²) in [5, 5.41) is 6.01. The molecule has 1 aromatic heterocycles. The summed E-state index contributed by atoms with van der Waals surface area (Å²) in [6, 6.07) is 19.1. The zero-order valence-corrected chi connectivity index (χ0v) is 19.9. The van der Waals surface area contributed by atoms with E-state index < -0.39 is 11.7 Å². The van der Waals surface area contributed by atoms with Gasteiger partial charge < -0.3 is 15.6 Å². The summed E-state index contributed by atoms with van der Waals surface area (Å²) in [7, 11) is 0. The molecule has 2 amide bonds. The molecule has 9 heteroatoms. The number of aromatic amines is 1. The van der Waals surface area contributed by atoms with Gasteiger partial charge in [-0.15, -0.1) is 0 Å². The van der Waals surface area contributed by atoms with E-state index in [0.717, 1.165) is 0 Å². The molecule has 0 aliphatic heterocycles. The fraction of sp³-hybridized carbons (Fsp3) is 0.185. The van der Waals surface area contributed by atoms with Crippen LogP contribution in [0.2, 0.25) is 0 Å². The van der Waals surface area contributed by atoms with E-state index in [1.165, 1.54) is 24.3 Å². The van der Waals surface area contributed by atoms with Crippen molar-refractivity contribution < 1.29 is 14.0 Å². The zero-order valence-electron chi connectivity index (χ0n) is 19.9. The highest BCUT2D eigenvalue weighted by Crippen LogP contribution is 2.18. The highest BCUT2D eigenvalue weighted by Gasteiger charge is 2.19. The molecular formula is C27H26FN5O3. The molecule has 36 heavy (non-hydrogen) atoms. The van der Waals surface area contributed by atoms with Crippen molar-refractivity contribution in [2.45, 2.75) is 26.4 Å². The third-order valence-electron chi connectivity index (χ3n) is 5.64. The number of rotatable bonds is 8. The van der Waals surface area contributed by atoms with Crippen molar-refractivity contribution in [2.24, 2.45) is 0 Å². The number of benzene rings is 3. The number of nitrogens with one attached hydrogen (secondary N) is 3. The van der Waals surface area contributed by atoms with E-state index >= 15 is 0 Å². The average Bonchev–Trinajstić information content (AvgIpc) is 2.85. The lowest BCUT2D eigenvalue weighted by Gasteiger charge is -2.25. The lowest BCUT2D eigenvalue weighted by Crippen LogP contribution is -2.38. The second-order valence-electron chi connectivity index (χ2n) is 8.58. The van der Waals surface area contributed by atoms with Crippen molar-refractivity contribution in [3.05, 3.63) is 100 Å². The van der Waals surface area contributed by atoms with Crippen molar-refractivity contribution in [3.8, 4) is 0 Å². The maximum absolute atomic E-state index is 13.2. The van der Waals surface area contributed by atoms with Gasteiger partial charge in [-0.1, -0.05) is 24.3 Å². The number of fused-ring (bicyclic) bond motifs is 1. The maximum Gasteiger partial charge on any atom is 0.258 e. The SMILES string of the molecule is CC(C)N(CC(=O)Nc1ccccc1C(=O)Nc1ccc(F)cc1)Cc1nc2ccccc2c(=O)[nH]1. The van der Waals surface area contributed by atoms with Crippen LogP contribution in [-0.4, -0.2) is 39.3 Å². The van der Waals surface area contributed by atoms with Crippen LogP contribution < -0.4 is 16.2 Å². The molecule has 184 valence electrons. The molecule has 0 radical (unpaired) electrons. The normalized spacial score (nSPS) is 11.1. The predicted molar refractivity (Wildman–Crippen MR) is 137 cm³/mol. The summed E-state index contributed by atoms with van der Waals surface area (Å²) in [5.74, 6) is -0.706. The monoisotopic (exact) mass is 487 g/mol. The summed E-state index contributed by atoms with van der Waals surface area (Å²) in [6.45, 7) is 4.16. The second kappa shape index (κ2) is 10.9. The summed E-state index contributed by atoms with van der Waals surface area (Å²) in [6.07, 6.45) is 0.